The van der Waals surface area contributed by atoms with Crippen molar-refractivity contribution in [2.45, 2.75) is 37.5 Å². The first-order valence-electron chi connectivity index (χ1n) is 4.81. The number of benzene rings is 1. The Morgan fingerprint density at radius 1 is 1.36 bits per heavy atom. The van der Waals surface area contributed by atoms with E-state index in [1.54, 1.807) is 0 Å². The van der Waals surface area contributed by atoms with Gasteiger partial charge in [-0.2, -0.15) is 0 Å². The lowest BCUT2D eigenvalue weighted by atomic mass is 9.81. The van der Waals surface area contributed by atoms with Gasteiger partial charge in [-0.1, -0.05) is 43.3 Å². The van der Waals surface area contributed by atoms with Crippen molar-refractivity contribution in [3.63, 3.8) is 0 Å². The number of carbonyl (C=O) groups is 1. The maximum atomic E-state index is 11.5. The van der Waals surface area contributed by atoms with Gasteiger partial charge in [0.1, 0.15) is 0 Å². The standard InChI is InChI=1S/C12H14OS/c1-8-4-5-10-9(6-8)12(2,3)7-11(13)14-10/h4-6H,7H2,1-3H3. The SMILES string of the molecule is Cc1ccc2c(c1)C(C)(C)CC(=O)S2. The molecular formula is C12H14OS. The molecule has 0 spiro atoms. The minimum Gasteiger partial charge on any atom is -0.287 e. The van der Waals surface area contributed by atoms with Crippen LogP contribution in [-0.2, 0) is 10.2 Å². The lowest BCUT2D eigenvalue weighted by molar-refractivity contribution is -0.112. The molecule has 1 aliphatic rings. The fourth-order valence-electron chi connectivity index (χ4n) is 1.88. The first kappa shape index (κ1) is 9.78. The van der Waals surface area contributed by atoms with Crippen molar-refractivity contribution in [3.8, 4) is 0 Å². The summed E-state index contributed by atoms with van der Waals surface area (Å²) in [6.07, 6.45) is 0.647. The van der Waals surface area contributed by atoms with Crippen molar-refractivity contribution in [1.82, 2.24) is 0 Å². The van der Waals surface area contributed by atoms with Crippen LogP contribution in [0.4, 0.5) is 0 Å². The molecule has 2 rings (SSSR count). The van der Waals surface area contributed by atoms with E-state index in [1.807, 2.05) is 0 Å². The predicted octanol–water partition coefficient (Wildman–Crippen LogP) is 3.30. The molecule has 0 fully saturated rings. The Hall–Kier alpha value is -0.760. The van der Waals surface area contributed by atoms with Gasteiger partial charge in [0.05, 0.1) is 0 Å². The van der Waals surface area contributed by atoms with Crippen molar-refractivity contribution < 1.29 is 4.79 Å². The van der Waals surface area contributed by atoms with Gasteiger partial charge in [-0.3, -0.25) is 4.79 Å². The van der Waals surface area contributed by atoms with Crippen molar-refractivity contribution in [2.75, 3.05) is 0 Å². The summed E-state index contributed by atoms with van der Waals surface area (Å²) in [6, 6.07) is 6.34. The predicted molar refractivity (Wildman–Crippen MR) is 59.7 cm³/mol. The second-order valence-corrected chi connectivity index (χ2v) is 5.63. The van der Waals surface area contributed by atoms with Gasteiger partial charge in [-0.15, -0.1) is 0 Å². The molecule has 0 unspecified atom stereocenters. The molecule has 2 heteroatoms. The zero-order chi connectivity index (χ0) is 10.3. The van der Waals surface area contributed by atoms with Crippen LogP contribution in [0, 0.1) is 6.92 Å². The fraction of sp³-hybridized carbons (Fsp3) is 0.417. The lowest BCUT2D eigenvalue weighted by Gasteiger charge is -2.31. The van der Waals surface area contributed by atoms with Crippen LogP contribution in [0.3, 0.4) is 0 Å². The second kappa shape index (κ2) is 3.13. The van der Waals surface area contributed by atoms with E-state index >= 15 is 0 Å². The summed E-state index contributed by atoms with van der Waals surface area (Å²) in [7, 11) is 0. The van der Waals surface area contributed by atoms with Crippen molar-refractivity contribution in [2.24, 2.45) is 0 Å². The molecule has 0 saturated heterocycles. The molecule has 1 aromatic carbocycles. The van der Waals surface area contributed by atoms with Crippen LogP contribution in [0.2, 0.25) is 0 Å². The van der Waals surface area contributed by atoms with Gasteiger partial charge < -0.3 is 0 Å². The molecule has 0 N–H and O–H groups in total. The van der Waals surface area contributed by atoms with Gasteiger partial charge in [0.25, 0.3) is 0 Å². The van der Waals surface area contributed by atoms with Gasteiger partial charge in [-0.05, 0) is 24.0 Å². The molecule has 0 aromatic heterocycles. The highest BCUT2D eigenvalue weighted by molar-refractivity contribution is 8.13. The van der Waals surface area contributed by atoms with E-state index in [0.717, 1.165) is 4.90 Å². The van der Waals surface area contributed by atoms with Crippen LogP contribution >= 0.6 is 11.8 Å². The summed E-state index contributed by atoms with van der Waals surface area (Å²) in [5.74, 6) is 0. The highest BCUT2D eigenvalue weighted by atomic mass is 32.2. The number of carbonyl (C=O) groups excluding carboxylic acids is 1. The number of hydrogen-bond donors (Lipinski definition) is 0. The first-order chi connectivity index (χ1) is 6.49. The molecule has 14 heavy (non-hydrogen) atoms. The largest absolute Gasteiger partial charge is 0.287 e. The topological polar surface area (TPSA) is 17.1 Å². The minimum atomic E-state index is 0.00366. The average Bonchev–Trinajstić information content (AvgIpc) is 2.05. The number of hydrogen-bond acceptors (Lipinski definition) is 2. The molecule has 1 heterocycles. The lowest BCUT2D eigenvalue weighted by Crippen LogP contribution is -2.25. The second-order valence-electron chi connectivity index (χ2n) is 4.53. The molecule has 1 aromatic rings. The Morgan fingerprint density at radius 2 is 2.07 bits per heavy atom. The van der Waals surface area contributed by atoms with Crippen molar-refractivity contribution >= 4 is 16.9 Å². The van der Waals surface area contributed by atoms with Gasteiger partial charge in [0.15, 0.2) is 5.12 Å². The van der Waals surface area contributed by atoms with Gasteiger partial charge in [-0.25, -0.2) is 0 Å². The van der Waals surface area contributed by atoms with E-state index in [1.165, 1.54) is 22.9 Å². The van der Waals surface area contributed by atoms with Crippen LogP contribution in [-0.4, -0.2) is 5.12 Å². The van der Waals surface area contributed by atoms with E-state index in [-0.39, 0.29) is 10.5 Å². The third-order valence-electron chi connectivity index (χ3n) is 2.67. The monoisotopic (exact) mass is 206 g/mol. The molecule has 0 amide bonds. The van der Waals surface area contributed by atoms with Crippen LogP contribution < -0.4 is 0 Å². The number of fused-ring (bicyclic) bond motifs is 1. The van der Waals surface area contributed by atoms with Gasteiger partial charge in [0.2, 0.25) is 0 Å². The van der Waals surface area contributed by atoms with E-state index in [9.17, 15) is 4.79 Å². The highest BCUT2D eigenvalue weighted by Gasteiger charge is 2.32. The quantitative estimate of drug-likeness (QED) is 0.648. The maximum absolute atomic E-state index is 11.5. The Labute approximate surface area is 88.9 Å². The summed E-state index contributed by atoms with van der Waals surface area (Å²) in [4.78, 5) is 12.6. The molecule has 0 atom stereocenters. The molecule has 0 saturated carbocycles. The number of aryl methyl sites for hydroxylation is 1. The Bertz CT molecular complexity index is 393. The molecular weight excluding hydrogens is 192 g/mol. The average molecular weight is 206 g/mol. The van der Waals surface area contributed by atoms with Crippen LogP contribution in [0.5, 0.6) is 0 Å². The summed E-state index contributed by atoms with van der Waals surface area (Å²) >= 11 is 1.38. The van der Waals surface area contributed by atoms with Crippen LogP contribution in [0.1, 0.15) is 31.4 Å². The Balaban J connectivity index is 2.58. The molecule has 74 valence electrons. The van der Waals surface area contributed by atoms with E-state index in [0.29, 0.717) is 6.42 Å². The number of thioether (sulfide) groups is 1. The molecule has 1 nitrogen and oxygen atoms in total. The third-order valence-corrected chi connectivity index (χ3v) is 3.62. The van der Waals surface area contributed by atoms with Crippen LogP contribution in [0.15, 0.2) is 23.1 Å². The summed E-state index contributed by atoms with van der Waals surface area (Å²) < 4.78 is 0. The van der Waals surface area contributed by atoms with Crippen LogP contribution in [0.25, 0.3) is 0 Å². The number of rotatable bonds is 0. The van der Waals surface area contributed by atoms with Gasteiger partial charge in [0, 0.05) is 11.3 Å². The summed E-state index contributed by atoms with van der Waals surface area (Å²) in [5, 5.41) is 0.284. The zero-order valence-corrected chi connectivity index (χ0v) is 9.57. The highest BCUT2D eigenvalue weighted by Crippen LogP contribution is 2.42. The minimum absolute atomic E-state index is 0.00366. The van der Waals surface area contributed by atoms with Crippen molar-refractivity contribution in [1.29, 1.82) is 0 Å². The van der Waals surface area contributed by atoms with Gasteiger partial charge >= 0.3 is 0 Å². The first-order valence-corrected chi connectivity index (χ1v) is 5.62. The Morgan fingerprint density at radius 3 is 2.79 bits per heavy atom. The summed E-state index contributed by atoms with van der Waals surface area (Å²) in [6.45, 7) is 6.38. The zero-order valence-electron chi connectivity index (χ0n) is 8.76. The molecule has 1 aliphatic heterocycles. The van der Waals surface area contributed by atoms with E-state index in [4.69, 9.17) is 0 Å². The van der Waals surface area contributed by atoms with E-state index in [2.05, 4.69) is 39.0 Å². The molecule has 0 aliphatic carbocycles. The fourth-order valence-corrected chi connectivity index (χ4v) is 3.14. The van der Waals surface area contributed by atoms with Crippen molar-refractivity contribution in [3.05, 3.63) is 29.3 Å². The maximum Gasteiger partial charge on any atom is 0.194 e. The summed E-state index contributed by atoms with van der Waals surface area (Å²) in [5.41, 5.74) is 2.60. The van der Waals surface area contributed by atoms with E-state index < -0.39 is 0 Å². The molecule has 0 bridgehead atoms. The Kier molecular flexibility index (Phi) is 2.18. The normalized spacial score (nSPS) is 19.2. The smallest absolute Gasteiger partial charge is 0.194 e. The molecule has 0 radical (unpaired) electrons. The third kappa shape index (κ3) is 1.59.